The normalized spacial score (nSPS) is 14.4. The van der Waals surface area contributed by atoms with E-state index in [0.717, 1.165) is 31.1 Å². The second-order valence-electron chi connectivity index (χ2n) is 7.50. The molecule has 1 N–H and O–H groups in total. The highest BCUT2D eigenvalue weighted by atomic mass is 19.1. The number of nitrogens with zero attached hydrogens (tertiary/aromatic N) is 3. The zero-order chi connectivity index (χ0) is 20.4. The molecule has 0 atom stereocenters. The fourth-order valence-corrected chi connectivity index (χ4v) is 3.74. The van der Waals surface area contributed by atoms with Crippen molar-refractivity contribution in [2.24, 2.45) is 0 Å². The Hall–Kier alpha value is -2.93. The molecule has 0 unspecified atom stereocenters. The lowest BCUT2D eigenvalue weighted by Crippen LogP contribution is -2.18. The van der Waals surface area contributed by atoms with E-state index >= 15 is 0 Å². The number of carbonyl (C=O) groups excluding carboxylic acids is 1. The van der Waals surface area contributed by atoms with Gasteiger partial charge < -0.3 is 9.73 Å². The first-order valence-corrected chi connectivity index (χ1v) is 9.91. The third-order valence-corrected chi connectivity index (χ3v) is 5.36. The van der Waals surface area contributed by atoms with E-state index in [1.807, 2.05) is 19.9 Å². The lowest BCUT2D eigenvalue weighted by Gasteiger charge is -2.11. The fraction of sp³-hybridized carbons (Fsp3) is 0.364. The number of halogens is 1. The molecule has 1 saturated heterocycles. The predicted molar refractivity (Wildman–Crippen MR) is 108 cm³/mol. The van der Waals surface area contributed by atoms with E-state index < -0.39 is 0 Å². The van der Waals surface area contributed by atoms with Crippen molar-refractivity contribution in [2.75, 3.05) is 18.4 Å². The largest absolute Gasteiger partial charge is 0.455 e. The van der Waals surface area contributed by atoms with Crippen LogP contribution >= 0.6 is 0 Å². The first kappa shape index (κ1) is 19.4. The van der Waals surface area contributed by atoms with Crippen LogP contribution in [-0.4, -0.2) is 33.7 Å². The zero-order valence-electron chi connectivity index (χ0n) is 16.7. The third-order valence-electron chi connectivity index (χ3n) is 5.36. The Morgan fingerprint density at radius 2 is 1.90 bits per heavy atom. The van der Waals surface area contributed by atoms with Gasteiger partial charge in [-0.05, 0) is 58.0 Å². The molecule has 3 aromatic rings. The van der Waals surface area contributed by atoms with Gasteiger partial charge in [-0.2, -0.15) is 5.10 Å². The van der Waals surface area contributed by atoms with Crippen molar-refractivity contribution in [3.63, 3.8) is 0 Å². The van der Waals surface area contributed by atoms with Gasteiger partial charge in [0.1, 0.15) is 11.6 Å². The summed E-state index contributed by atoms with van der Waals surface area (Å²) in [7, 11) is 0. The molecule has 4 rings (SSSR count). The number of hydrogen-bond donors (Lipinski definition) is 1. The molecule has 1 aliphatic heterocycles. The highest BCUT2D eigenvalue weighted by molar-refractivity contribution is 6.02. The van der Waals surface area contributed by atoms with E-state index in [9.17, 15) is 9.18 Å². The average Bonchev–Trinajstić information content (AvgIpc) is 3.43. The quantitative estimate of drug-likeness (QED) is 0.681. The van der Waals surface area contributed by atoms with E-state index in [1.54, 1.807) is 28.9 Å². The molecule has 0 saturated carbocycles. The maximum atomic E-state index is 14.0. The zero-order valence-corrected chi connectivity index (χ0v) is 16.7. The van der Waals surface area contributed by atoms with Gasteiger partial charge in [-0.1, -0.05) is 18.2 Å². The molecule has 2 aromatic heterocycles. The minimum atomic E-state index is -0.311. The molecule has 3 heterocycles. The van der Waals surface area contributed by atoms with Crippen molar-refractivity contribution in [1.29, 1.82) is 0 Å². The summed E-state index contributed by atoms with van der Waals surface area (Å²) in [5.74, 6) is 0.488. The van der Waals surface area contributed by atoms with Gasteiger partial charge >= 0.3 is 0 Å². The molecule has 1 aliphatic rings. The average molecular weight is 396 g/mol. The summed E-state index contributed by atoms with van der Waals surface area (Å²) in [5.41, 5.74) is 2.62. The number of furan rings is 1. The van der Waals surface area contributed by atoms with Crippen molar-refractivity contribution < 1.29 is 13.6 Å². The number of benzene rings is 1. The van der Waals surface area contributed by atoms with Crippen LogP contribution in [0.1, 0.15) is 46.1 Å². The van der Waals surface area contributed by atoms with E-state index in [-0.39, 0.29) is 17.5 Å². The molecule has 0 aliphatic carbocycles. The maximum absolute atomic E-state index is 14.0. The minimum absolute atomic E-state index is 0.272. The van der Waals surface area contributed by atoms with Crippen LogP contribution in [0.5, 0.6) is 0 Å². The molecule has 0 bridgehead atoms. The van der Waals surface area contributed by atoms with Crippen molar-refractivity contribution in [3.05, 3.63) is 70.7 Å². The Morgan fingerprint density at radius 1 is 1.14 bits per heavy atom. The molecule has 1 amide bonds. The molecule has 0 spiro atoms. The van der Waals surface area contributed by atoms with E-state index in [1.165, 1.54) is 18.9 Å². The summed E-state index contributed by atoms with van der Waals surface area (Å²) in [6.07, 6.45) is 2.42. The van der Waals surface area contributed by atoms with Crippen LogP contribution in [0.25, 0.3) is 0 Å². The SMILES string of the molecule is Cc1nn(Cc2ccccc2F)c(C)c1NC(=O)c1ccc(CN2CCCC2)o1. The highest BCUT2D eigenvalue weighted by Gasteiger charge is 2.19. The summed E-state index contributed by atoms with van der Waals surface area (Å²) in [6.45, 7) is 6.85. The van der Waals surface area contributed by atoms with Gasteiger partial charge in [0.15, 0.2) is 5.76 Å². The Morgan fingerprint density at radius 3 is 2.66 bits per heavy atom. The molecular formula is C22H25FN4O2. The minimum Gasteiger partial charge on any atom is -0.455 e. The molecular weight excluding hydrogens is 371 g/mol. The molecule has 29 heavy (non-hydrogen) atoms. The lowest BCUT2D eigenvalue weighted by molar-refractivity contribution is 0.0993. The van der Waals surface area contributed by atoms with Crippen LogP contribution in [0, 0.1) is 19.7 Å². The number of amides is 1. The standard InChI is InChI=1S/C22H25FN4O2/c1-15-21(16(2)27(25-15)13-17-7-3-4-8-19(17)23)24-22(28)20-10-9-18(29-20)14-26-11-5-6-12-26/h3-4,7-10H,5-6,11-14H2,1-2H3,(H,24,28). The van der Waals surface area contributed by atoms with Gasteiger partial charge in [-0.25, -0.2) is 4.39 Å². The molecule has 0 radical (unpaired) electrons. The van der Waals surface area contributed by atoms with Crippen LogP contribution < -0.4 is 5.32 Å². The van der Waals surface area contributed by atoms with Gasteiger partial charge in [-0.15, -0.1) is 0 Å². The highest BCUT2D eigenvalue weighted by Crippen LogP contribution is 2.23. The van der Waals surface area contributed by atoms with Crippen molar-refractivity contribution in [2.45, 2.75) is 39.8 Å². The Kier molecular flexibility index (Phi) is 5.49. The Labute approximate surface area is 169 Å². The summed E-state index contributed by atoms with van der Waals surface area (Å²) >= 11 is 0. The van der Waals surface area contributed by atoms with Gasteiger partial charge in [0.2, 0.25) is 0 Å². The summed E-state index contributed by atoms with van der Waals surface area (Å²) in [6, 6.07) is 10.2. The molecule has 1 fully saturated rings. The van der Waals surface area contributed by atoms with Gasteiger partial charge in [0.25, 0.3) is 5.91 Å². The molecule has 6 nitrogen and oxygen atoms in total. The number of aryl methyl sites for hydroxylation is 1. The van der Waals surface area contributed by atoms with Gasteiger partial charge in [0.05, 0.1) is 30.2 Å². The first-order valence-electron chi connectivity index (χ1n) is 9.91. The smallest absolute Gasteiger partial charge is 0.291 e. The van der Waals surface area contributed by atoms with E-state index in [0.29, 0.717) is 23.5 Å². The second-order valence-corrected chi connectivity index (χ2v) is 7.50. The number of anilines is 1. The maximum Gasteiger partial charge on any atom is 0.291 e. The predicted octanol–water partition coefficient (Wildman–Crippen LogP) is 4.13. The number of hydrogen-bond acceptors (Lipinski definition) is 4. The monoisotopic (exact) mass is 396 g/mol. The number of likely N-dealkylation sites (tertiary alicyclic amines) is 1. The topological polar surface area (TPSA) is 63.3 Å². The van der Waals surface area contributed by atoms with Crippen LogP contribution in [-0.2, 0) is 13.1 Å². The van der Waals surface area contributed by atoms with Crippen LogP contribution in [0.4, 0.5) is 10.1 Å². The van der Waals surface area contributed by atoms with E-state index in [2.05, 4.69) is 15.3 Å². The number of nitrogens with one attached hydrogen (secondary N) is 1. The van der Waals surface area contributed by atoms with E-state index in [4.69, 9.17) is 4.42 Å². The Balaban J connectivity index is 1.46. The van der Waals surface area contributed by atoms with Crippen molar-refractivity contribution >= 4 is 11.6 Å². The van der Waals surface area contributed by atoms with Gasteiger partial charge in [-0.3, -0.25) is 14.4 Å². The van der Waals surface area contributed by atoms with Crippen LogP contribution in [0.2, 0.25) is 0 Å². The third kappa shape index (κ3) is 4.24. The Bertz CT molecular complexity index is 1020. The first-order chi connectivity index (χ1) is 14.0. The molecule has 152 valence electrons. The van der Waals surface area contributed by atoms with Crippen molar-refractivity contribution in [3.8, 4) is 0 Å². The summed E-state index contributed by atoms with van der Waals surface area (Å²) in [5, 5.41) is 7.36. The number of rotatable bonds is 6. The number of aromatic nitrogens is 2. The lowest BCUT2D eigenvalue weighted by atomic mass is 10.2. The summed E-state index contributed by atoms with van der Waals surface area (Å²) in [4.78, 5) is 15.0. The van der Waals surface area contributed by atoms with Crippen LogP contribution in [0.3, 0.4) is 0 Å². The molecule has 1 aromatic carbocycles. The summed E-state index contributed by atoms with van der Waals surface area (Å²) < 4.78 is 21.4. The second kappa shape index (κ2) is 8.21. The van der Waals surface area contributed by atoms with Crippen molar-refractivity contribution in [1.82, 2.24) is 14.7 Å². The molecule has 7 heteroatoms. The van der Waals surface area contributed by atoms with Crippen LogP contribution in [0.15, 0.2) is 40.8 Å². The fourth-order valence-electron chi connectivity index (χ4n) is 3.74. The number of carbonyl (C=O) groups is 1. The van der Waals surface area contributed by atoms with Gasteiger partial charge in [0, 0.05) is 5.56 Å².